The number of aryl methyl sites for hydroxylation is 1. The molecule has 3 aromatic rings. The molecule has 3 aromatic carbocycles. The van der Waals surface area contributed by atoms with Crippen LogP contribution in [-0.4, -0.2) is 44.8 Å². The molecule has 0 aliphatic carbocycles. The summed E-state index contributed by atoms with van der Waals surface area (Å²) in [6.07, 6.45) is -4.92. The molecule has 0 fully saturated rings. The Morgan fingerprint density at radius 1 is 1.02 bits per heavy atom. The van der Waals surface area contributed by atoms with Crippen molar-refractivity contribution in [1.82, 2.24) is 10.2 Å². The van der Waals surface area contributed by atoms with Gasteiger partial charge in [-0.25, -0.2) is 12.8 Å². The number of nitrogens with zero attached hydrogens (tertiary/aromatic N) is 2. The van der Waals surface area contributed by atoms with Gasteiger partial charge in [-0.2, -0.15) is 13.2 Å². The standard InChI is InChI=1S/C27H26ClF4N3O4S/c1-17-8-11-21(12-9-17)40(38,39)35(20-10-13-23(28)22(14-20)27(30,31)32)16-25(36)34(18(2)26(37)33-3)15-19-6-4-5-7-24(19)29/h4-14,18H,15-16H2,1-3H3,(H,33,37)/t18-/m1/s1. The molecule has 7 nitrogen and oxygen atoms in total. The number of hydrogen-bond acceptors (Lipinski definition) is 4. The van der Waals surface area contributed by atoms with Gasteiger partial charge in [0.2, 0.25) is 11.8 Å². The van der Waals surface area contributed by atoms with E-state index in [9.17, 15) is 35.6 Å². The topological polar surface area (TPSA) is 86.8 Å². The molecule has 0 radical (unpaired) electrons. The molecule has 214 valence electrons. The molecule has 1 N–H and O–H groups in total. The Bertz CT molecular complexity index is 1500. The van der Waals surface area contributed by atoms with Crippen LogP contribution < -0.4 is 9.62 Å². The molecule has 2 amide bonds. The first-order valence-electron chi connectivity index (χ1n) is 11.9. The van der Waals surface area contributed by atoms with Crippen LogP contribution in [-0.2, 0) is 32.3 Å². The fourth-order valence-corrected chi connectivity index (χ4v) is 5.48. The number of carbonyl (C=O) groups excluding carboxylic acids is 2. The summed E-state index contributed by atoms with van der Waals surface area (Å²) in [7, 11) is -3.28. The van der Waals surface area contributed by atoms with Crippen molar-refractivity contribution in [3.63, 3.8) is 0 Å². The van der Waals surface area contributed by atoms with E-state index in [0.29, 0.717) is 10.4 Å². The zero-order valence-corrected chi connectivity index (χ0v) is 23.2. The number of anilines is 1. The predicted octanol–water partition coefficient (Wildman–Crippen LogP) is 5.16. The molecule has 1 atom stereocenters. The second-order valence-electron chi connectivity index (χ2n) is 8.89. The van der Waals surface area contributed by atoms with Crippen LogP contribution >= 0.6 is 11.6 Å². The first kappa shape index (κ1) is 30.9. The summed E-state index contributed by atoms with van der Waals surface area (Å²) < 4.78 is 83.4. The van der Waals surface area contributed by atoms with Crippen LogP contribution in [0.4, 0.5) is 23.2 Å². The zero-order chi connectivity index (χ0) is 29.8. The fourth-order valence-electron chi connectivity index (χ4n) is 3.85. The Morgan fingerprint density at radius 3 is 2.23 bits per heavy atom. The Hall–Kier alpha value is -3.64. The average molecular weight is 600 g/mol. The third kappa shape index (κ3) is 6.92. The molecular weight excluding hydrogens is 574 g/mol. The number of alkyl halides is 3. The lowest BCUT2D eigenvalue weighted by molar-refractivity contribution is -0.139. The van der Waals surface area contributed by atoms with Crippen molar-refractivity contribution < 1.29 is 35.6 Å². The minimum atomic E-state index is -4.92. The van der Waals surface area contributed by atoms with Gasteiger partial charge in [0.15, 0.2) is 0 Å². The molecule has 0 heterocycles. The number of carbonyl (C=O) groups is 2. The Kier molecular flexibility index (Phi) is 9.47. The van der Waals surface area contributed by atoms with Crippen LogP contribution in [0.25, 0.3) is 0 Å². The number of nitrogens with one attached hydrogen (secondary N) is 1. The number of likely N-dealkylation sites (N-methyl/N-ethyl adjacent to an activating group) is 1. The molecule has 0 spiro atoms. The zero-order valence-electron chi connectivity index (χ0n) is 21.7. The average Bonchev–Trinajstić information content (AvgIpc) is 2.90. The minimum Gasteiger partial charge on any atom is -0.357 e. The largest absolute Gasteiger partial charge is 0.417 e. The number of rotatable bonds is 9. The van der Waals surface area contributed by atoms with E-state index >= 15 is 0 Å². The smallest absolute Gasteiger partial charge is 0.357 e. The van der Waals surface area contributed by atoms with Crippen molar-refractivity contribution in [2.24, 2.45) is 0 Å². The van der Waals surface area contributed by atoms with Gasteiger partial charge >= 0.3 is 6.18 Å². The van der Waals surface area contributed by atoms with Crippen LogP contribution in [0.5, 0.6) is 0 Å². The van der Waals surface area contributed by atoms with Gasteiger partial charge in [-0.3, -0.25) is 13.9 Å². The van der Waals surface area contributed by atoms with Crippen LogP contribution in [0, 0.1) is 12.7 Å². The van der Waals surface area contributed by atoms with E-state index in [2.05, 4.69) is 5.32 Å². The van der Waals surface area contributed by atoms with Gasteiger partial charge in [-0.1, -0.05) is 47.5 Å². The Balaban J connectivity index is 2.14. The van der Waals surface area contributed by atoms with Crippen molar-refractivity contribution in [3.8, 4) is 0 Å². The molecule has 3 rings (SSSR count). The van der Waals surface area contributed by atoms with E-state index < -0.39 is 69.2 Å². The molecule has 0 aromatic heterocycles. The van der Waals surface area contributed by atoms with Gasteiger partial charge in [0.05, 0.1) is 21.2 Å². The molecule has 0 saturated heterocycles. The number of hydrogen-bond donors (Lipinski definition) is 1. The highest BCUT2D eigenvalue weighted by Crippen LogP contribution is 2.38. The van der Waals surface area contributed by atoms with E-state index in [1.807, 2.05) is 0 Å². The lowest BCUT2D eigenvalue weighted by atomic mass is 10.1. The third-order valence-electron chi connectivity index (χ3n) is 6.14. The maximum Gasteiger partial charge on any atom is 0.417 e. The van der Waals surface area contributed by atoms with Gasteiger partial charge in [0.1, 0.15) is 18.4 Å². The second-order valence-corrected chi connectivity index (χ2v) is 11.2. The molecule has 40 heavy (non-hydrogen) atoms. The van der Waals surface area contributed by atoms with Crippen LogP contribution in [0.2, 0.25) is 5.02 Å². The van der Waals surface area contributed by atoms with Gasteiger partial charge in [-0.05, 0) is 50.2 Å². The molecule has 0 unspecified atom stereocenters. The maximum absolute atomic E-state index is 14.5. The quantitative estimate of drug-likeness (QED) is 0.344. The summed E-state index contributed by atoms with van der Waals surface area (Å²) in [5.74, 6) is -2.25. The van der Waals surface area contributed by atoms with Crippen molar-refractivity contribution in [2.75, 3.05) is 17.9 Å². The highest BCUT2D eigenvalue weighted by Gasteiger charge is 2.37. The SMILES string of the molecule is CNC(=O)[C@@H](C)N(Cc1ccccc1F)C(=O)CN(c1ccc(Cl)c(C(F)(F)F)c1)S(=O)(=O)c1ccc(C)cc1. The first-order valence-corrected chi connectivity index (χ1v) is 13.7. The van der Waals surface area contributed by atoms with Gasteiger partial charge < -0.3 is 10.2 Å². The van der Waals surface area contributed by atoms with Crippen molar-refractivity contribution >= 4 is 39.1 Å². The van der Waals surface area contributed by atoms with Crippen molar-refractivity contribution in [3.05, 3.63) is 94.3 Å². The van der Waals surface area contributed by atoms with E-state index in [1.54, 1.807) is 6.92 Å². The van der Waals surface area contributed by atoms with E-state index in [-0.39, 0.29) is 10.5 Å². The van der Waals surface area contributed by atoms with E-state index in [1.165, 1.54) is 56.4 Å². The van der Waals surface area contributed by atoms with Gasteiger partial charge in [0.25, 0.3) is 10.0 Å². The second kappa shape index (κ2) is 12.3. The predicted molar refractivity (Wildman–Crippen MR) is 143 cm³/mol. The van der Waals surface area contributed by atoms with Crippen LogP contribution in [0.1, 0.15) is 23.6 Å². The maximum atomic E-state index is 14.5. The van der Waals surface area contributed by atoms with Crippen molar-refractivity contribution in [2.45, 2.75) is 37.5 Å². The molecule has 13 heteroatoms. The van der Waals surface area contributed by atoms with Crippen LogP contribution in [0.3, 0.4) is 0 Å². The molecule has 0 aliphatic rings. The summed E-state index contributed by atoms with van der Waals surface area (Å²) in [6.45, 7) is 1.67. The number of sulfonamides is 1. The minimum absolute atomic E-state index is 0.0467. The highest BCUT2D eigenvalue weighted by molar-refractivity contribution is 7.92. The molecule has 0 bridgehead atoms. The Labute approximate surface area is 234 Å². The fraction of sp³-hybridized carbons (Fsp3) is 0.259. The lowest BCUT2D eigenvalue weighted by Crippen LogP contribution is -2.50. The van der Waals surface area contributed by atoms with E-state index in [0.717, 1.165) is 28.7 Å². The summed E-state index contributed by atoms with van der Waals surface area (Å²) in [4.78, 5) is 26.8. The van der Waals surface area contributed by atoms with Gasteiger partial charge in [-0.15, -0.1) is 0 Å². The summed E-state index contributed by atoms with van der Waals surface area (Å²) >= 11 is 5.74. The Morgan fingerprint density at radius 2 is 1.65 bits per heavy atom. The third-order valence-corrected chi connectivity index (χ3v) is 8.26. The van der Waals surface area contributed by atoms with Crippen LogP contribution in [0.15, 0.2) is 71.6 Å². The normalized spacial score (nSPS) is 12.5. The first-order chi connectivity index (χ1) is 18.7. The monoisotopic (exact) mass is 599 g/mol. The van der Waals surface area contributed by atoms with Crippen molar-refractivity contribution in [1.29, 1.82) is 0 Å². The molecule has 0 aliphatic heterocycles. The molecular formula is C27H26ClF4N3O4S. The number of halogens is 5. The number of benzene rings is 3. The number of amides is 2. The van der Waals surface area contributed by atoms with E-state index in [4.69, 9.17) is 11.6 Å². The summed E-state index contributed by atoms with van der Waals surface area (Å²) in [6, 6.07) is 12.3. The summed E-state index contributed by atoms with van der Waals surface area (Å²) in [5, 5.41) is 1.72. The van der Waals surface area contributed by atoms with Gasteiger partial charge in [0, 0.05) is 19.2 Å². The lowest BCUT2D eigenvalue weighted by Gasteiger charge is -2.32. The highest BCUT2D eigenvalue weighted by atomic mass is 35.5. The summed E-state index contributed by atoms with van der Waals surface area (Å²) in [5.41, 5.74) is -1.01. The molecule has 0 saturated carbocycles.